The predicted octanol–water partition coefficient (Wildman–Crippen LogP) is 5.72. The number of benzene rings is 1. The summed E-state index contributed by atoms with van der Waals surface area (Å²) in [5, 5.41) is 0.953. The first-order chi connectivity index (χ1) is 14.7. The molecule has 1 aliphatic rings. The molecular formula is C24H32BNO5S. The van der Waals surface area contributed by atoms with Crippen LogP contribution in [0.15, 0.2) is 35.9 Å². The average Bonchev–Trinajstić information content (AvgIpc) is 3.14. The highest BCUT2D eigenvalue weighted by atomic mass is 32.2. The minimum atomic E-state index is -0.567. The Morgan fingerprint density at radius 3 is 2.31 bits per heavy atom. The Labute approximate surface area is 194 Å². The first-order valence-corrected chi connectivity index (χ1v) is 11.7. The lowest BCUT2D eigenvalue weighted by molar-refractivity contribution is -0.109. The zero-order chi connectivity index (χ0) is 23.9. The van der Waals surface area contributed by atoms with Gasteiger partial charge in [0.2, 0.25) is 0 Å². The minimum absolute atomic E-state index is 0.0392. The van der Waals surface area contributed by atoms with Crippen molar-refractivity contribution >= 4 is 47.1 Å². The number of fused-ring (bicyclic) bond motifs is 1. The summed E-state index contributed by atoms with van der Waals surface area (Å²) in [5.41, 5.74) is 1.09. The molecule has 32 heavy (non-hydrogen) atoms. The fourth-order valence-corrected chi connectivity index (χ4v) is 3.88. The number of hydrogen-bond donors (Lipinski definition) is 0. The van der Waals surface area contributed by atoms with Crippen LogP contribution in [-0.4, -0.2) is 45.5 Å². The number of rotatable bonds is 4. The summed E-state index contributed by atoms with van der Waals surface area (Å²) >= 11 is 1.23. The maximum absolute atomic E-state index is 12.5. The number of nitrogens with zero attached hydrogens (tertiary/aromatic N) is 1. The summed E-state index contributed by atoms with van der Waals surface area (Å²) in [5.74, 6) is 0.475. The summed E-state index contributed by atoms with van der Waals surface area (Å²) in [4.78, 5) is 24.1. The van der Waals surface area contributed by atoms with Crippen molar-refractivity contribution in [3.63, 3.8) is 0 Å². The van der Waals surface area contributed by atoms with E-state index in [-0.39, 0.29) is 5.12 Å². The zero-order valence-corrected chi connectivity index (χ0v) is 21.0. The van der Waals surface area contributed by atoms with Crippen molar-refractivity contribution in [2.45, 2.75) is 72.2 Å². The van der Waals surface area contributed by atoms with Crippen molar-refractivity contribution in [1.29, 1.82) is 0 Å². The van der Waals surface area contributed by atoms with Gasteiger partial charge in [-0.2, -0.15) is 0 Å². The largest absolute Gasteiger partial charge is 0.491 e. The maximum atomic E-state index is 12.5. The van der Waals surface area contributed by atoms with Crippen LogP contribution in [0.1, 0.15) is 61.0 Å². The van der Waals surface area contributed by atoms with Gasteiger partial charge in [-0.15, -0.1) is 0 Å². The molecule has 0 radical (unpaired) electrons. The highest BCUT2D eigenvalue weighted by Gasteiger charge is 2.52. The topological polar surface area (TPSA) is 66.8 Å². The monoisotopic (exact) mass is 457 g/mol. The quantitative estimate of drug-likeness (QED) is 0.548. The molecule has 1 aromatic carbocycles. The van der Waals surface area contributed by atoms with Crippen molar-refractivity contribution in [2.75, 3.05) is 5.75 Å². The number of thioether (sulfide) groups is 1. The smallest absolute Gasteiger partial charge is 0.443 e. The standard InChI is InChI=1S/C24H32BNO5S/c1-16(27)32-15-19(25-30-23(5,6)24(7,8)31-25)14-17-9-10-20-18(13-17)11-12-26(20)21(28)29-22(2,3)4/h9-14H,15H2,1-8H3. The van der Waals surface area contributed by atoms with Crippen molar-refractivity contribution < 1.29 is 23.6 Å². The summed E-state index contributed by atoms with van der Waals surface area (Å²) in [7, 11) is -0.533. The molecule has 1 aromatic heterocycles. The average molecular weight is 457 g/mol. The van der Waals surface area contributed by atoms with Crippen LogP contribution in [0.4, 0.5) is 4.79 Å². The van der Waals surface area contributed by atoms with Crippen molar-refractivity contribution in [2.24, 2.45) is 0 Å². The number of carbonyl (C=O) groups is 2. The van der Waals surface area contributed by atoms with Crippen LogP contribution in [0.3, 0.4) is 0 Å². The number of hydrogen-bond acceptors (Lipinski definition) is 6. The van der Waals surface area contributed by atoms with Crippen LogP contribution < -0.4 is 0 Å². The van der Waals surface area contributed by atoms with Gasteiger partial charge < -0.3 is 14.0 Å². The van der Waals surface area contributed by atoms with E-state index in [9.17, 15) is 9.59 Å². The predicted molar refractivity (Wildman–Crippen MR) is 131 cm³/mol. The van der Waals surface area contributed by atoms with Crippen LogP contribution in [0, 0.1) is 0 Å². The van der Waals surface area contributed by atoms with E-state index in [1.54, 1.807) is 13.1 Å². The lowest BCUT2D eigenvalue weighted by Crippen LogP contribution is -2.41. The molecule has 1 saturated heterocycles. The molecule has 0 unspecified atom stereocenters. The lowest BCUT2D eigenvalue weighted by atomic mass is 9.78. The number of ether oxygens (including phenoxy) is 1. The number of aromatic nitrogens is 1. The molecule has 0 atom stereocenters. The summed E-state index contributed by atoms with van der Waals surface area (Å²) in [6.07, 6.45) is 3.31. The molecule has 0 saturated carbocycles. The van der Waals surface area contributed by atoms with Gasteiger partial charge in [0.1, 0.15) is 5.60 Å². The molecule has 0 spiro atoms. The van der Waals surface area contributed by atoms with Gasteiger partial charge in [-0.05, 0) is 77.7 Å². The van der Waals surface area contributed by atoms with E-state index in [0.717, 1.165) is 21.9 Å². The Hall–Kier alpha value is -2.03. The van der Waals surface area contributed by atoms with E-state index < -0.39 is 30.0 Å². The molecule has 0 N–H and O–H groups in total. The van der Waals surface area contributed by atoms with Gasteiger partial charge in [-0.3, -0.25) is 9.36 Å². The molecule has 0 aliphatic carbocycles. The van der Waals surface area contributed by atoms with Crippen LogP contribution in [0.2, 0.25) is 0 Å². The van der Waals surface area contributed by atoms with Crippen LogP contribution in [0.5, 0.6) is 0 Å². The Kier molecular flexibility index (Phi) is 6.71. The van der Waals surface area contributed by atoms with Gasteiger partial charge >= 0.3 is 13.2 Å². The Morgan fingerprint density at radius 2 is 1.75 bits per heavy atom. The number of carbonyl (C=O) groups excluding carboxylic acids is 2. The highest BCUT2D eigenvalue weighted by Crippen LogP contribution is 2.39. The third kappa shape index (κ3) is 5.48. The summed E-state index contributed by atoms with van der Waals surface area (Å²) in [6, 6.07) is 7.72. The van der Waals surface area contributed by atoms with Gasteiger partial charge in [0, 0.05) is 24.3 Å². The molecule has 6 nitrogen and oxygen atoms in total. The third-order valence-corrected chi connectivity index (χ3v) is 6.54. The second kappa shape index (κ2) is 8.73. The van der Waals surface area contributed by atoms with Gasteiger partial charge in [0.25, 0.3) is 0 Å². The van der Waals surface area contributed by atoms with E-state index in [1.807, 2.05) is 78.8 Å². The molecule has 172 valence electrons. The van der Waals surface area contributed by atoms with Gasteiger partial charge in [0.05, 0.1) is 16.7 Å². The van der Waals surface area contributed by atoms with Gasteiger partial charge in [-0.25, -0.2) is 4.79 Å². The minimum Gasteiger partial charge on any atom is -0.443 e. The second-order valence-corrected chi connectivity index (χ2v) is 11.2. The molecule has 0 bridgehead atoms. The van der Waals surface area contributed by atoms with Crippen molar-refractivity contribution in [3.8, 4) is 0 Å². The summed E-state index contributed by atoms with van der Waals surface area (Å²) in [6.45, 7) is 15.1. The zero-order valence-electron chi connectivity index (χ0n) is 20.1. The van der Waals surface area contributed by atoms with E-state index in [2.05, 4.69) is 0 Å². The van der Waals surface area contributed by atoms with Crippen molar-refractivity contribution in [1.82, 2.24) is 4.57 Å². The first kappa shape index (κ1) is 24.6. The first-order valence-electron chi connectivity index (χ1n) is 10.7. The van der Waals surface area contributed by atoms with Crippen molar-refractivity contribution in [3.05, 3.63) is 41.5 Å². The van der Waals surface area contributed by atoms with Crippen LogP contribution in [0.25, 0.3) is 17.0 Å². The van der Waals surface area contributed by atoms with E-state index in [1.165, 1.54) is 16.3 Å². The molecule has 0 amide bonds. The fourth-order valence-electron chi connectivity index (χ4n) is 3.29. The lowest BCUT2D eigenvalue weighted by Gasteiger charge is -2.32. The van der Waals surface area contributed by atoms with E-state index in [0.29, 0.717) is 5.75 Å². The van der Waals surface area contributed by atoms with Crippen LogP contribution >= 0.6 is 11.8 Å². The van der Waals surface area contributed by atoms with Gasteiger partial charge in [-0.1, -0.05) is 23.9 Å². The highest BCUT2D eigenvalue weighted by molar-refractivity contribution is 8.13. The van der Waals surface area contributed by atoms with Crippen LogP contribution in [-0.2, 0) is 18.8 Å². The van der Waals surface area contributed by atoms with E-state index in [4.69, 9.17) is 14.0 Å². The summed E-state index contributed by atoms with van der Waals surface area (Å²) < 4.78 is 19.4. The molecule has 1 fully saturated rings. The molecule has 2 aromatic rings. The molecule has 2 heterocycles. The Balaban J connectivity index is 1.92. The Morgan fingerprint density at radius 1 is 1.12 bits per heavy atom. The fraction of sp³-hybridized carbons (Fsp3) is 0.500. The molecular weight excluding hydrogens is 425 g/mol. The second-order valence-electron chi connectivity index (χ2n) is 10.1. The Bertz CT molecular complexity index is 1050. The third-order valence-electron chi connectivity index (χ3n) is 5.65. The van der Waals surface area contributed by atoms with E-state index >= 15 is 0 Å². The van der Waals surface area contributed by atoms with Gasteiger partial charge in [0.15, 0.2) is 5.12 Å². The molecule has 3 rings (SSSR count). The molecule has 1 aliphatic heterocycles. The molecule has 8 heteroatoms. The normalized spacial score (nSPS) is 18.2. The maximum Gasteiger partial charge on any atom is 0.491 e. The SMILES string of the molecule is CC(=O)SCC(=Cc1ccc2c(ccn2C(=O)OC(C)(C)C)c1)B1OC(C)(C)C(C)(C)O1.